The van der Waals surface area contributed by atoms with Crippen LogP contribution in [0.25, 0.3) is 0 Å². The fourth-order valence-electron chi connectivity index (χ4n) is 3.05. The van der Waals surface area contributed by atoms with Crippen LogP contribution in [0.4, 0.5) is 8.78 Å². The highest BCUT2D eigenvalue weighted by Crippen LogP contribution is 2.24. The smallest absolute Gasteiger partial charge is 0.182 e. The maximum Gasteiger partial charge on any atom is 0.182 e. The molecule has 1 saturated heterocycles. The van der Waals surface area contributed by atoms with Gasteiger partial charge in [-0.25, -0.2) is 8.78 Å². The van der Waals surface area contributed by atoms with Crippen molar-refractivity contribution in [3.63, 3.8) is 0 Å². The number of carbonyl (C=O) groups excluding carboxylic acids is 1. The Balaban J connectivity index is 2.00. The molecule has 0 N–H and O–H groups in total. The molecule has 0 spiro atoms. The predicted octanol–water partition coefficient (Wildman–Crippen LogP) is 3.91. The highest BCUT2D eigenvalue weighted by Gasteiger charge is 2.23. The maximum absolute atomic E-state index is 13.6. The van der Waals surface area contributed by atoms with E-state index in [2.05, 4.69) is 13.8 Å². The molecule has 21 heavy (non-hydrogen) atoms. The first-order valence-electron chi connectivity index (χ1n) is 7.68. The zero-order valence-corrected chi connectivity index (χ0v) is 12.7. The van der Waals surface area contributed by atoms with E-state index in [0.29, 0.717) is 11.8 Å². The number of nitrogens with zero attached hydrogens (tertiary/aromatic N) is 1. The first-order valence-corrected chi connectivity index (χ1v) is 7.68. The summed E-state index contributed by atoms with van der Waals surface area (Å²) in [5.41, 5.74) is -0.401. The summed E-state index contributed by atoms with van der Waals surface area (Å²) in [6, 6.07) is 3.54. The number of hydrogen-bond acceptors (Lipinski definition) is 2. The minimum absolute atomic E-state index is 0.0999. The van der Waals surface area contributed by atoms with Crippen LogP contribution in [0, 0.1) is 23.5 Å². The zero-order chi connectivity index (χ0) is 15.4. The quantitative estimate of drug-likeness (QED) is 0.785. The van der Waals surface area contributed by atoms with Crippen LogP contribution in [0.15, 0.2) is 18.2 Å². The van der Waals surface area contributed by atoms with Gasteiger partial charge in [-0.05, 0) is 56.3 Å². The molecular weight excluding hydrogens is 272 g/mol. The lowest BCUT2D eigenvalue weighted by atomic mass is 9.89. The molecule has 2 rings (SSSR count). The van der Waals surface area contributed by atoms with Crippen LogP contribution in [0.5, 0.6) is 0 Å². The summed E-state index contributed by atoms with van der Waals surface area (Å²) in [7, 11) is 0. The van der Waals surface area contributed by atoms with E-state index >= 15 is 0 Å². The van der Waals surface area contributed by atoms with E-state index in [1.807, 2.05) is 4.90 Å². The second kappa shape index (κ2) is 7.12. The number of likely N-dealkylation sites (tertiary alicyclic amines) is 1. The fourth-order valence-corrected chi connectivity index (χ4v) is 3.05. The van der Waals surface area contributed by atoms with Crippen LogP contribution < -0.4 is 0 Å². The van der Waals surface area contributed by atoms with Gasteiger partial charge in [0, 0.05) is 0 Å². The Bertz CT molecular complexity index is 481. The Kier molecular flexibility index (Phi) is 5.45. The van der Waals surface area contributed by atoms with Crippen molar-refractivity contribution in [2.75, 3.05) is 19.6 Å². The van der Waals surface area contributed by atoms with Crippen LogP contribution in [0.3, 0.4) is 0 Å². The molecule has 0 bridgehead atoms. The number of hydrogen-bond donors (Lipinski definition) is 0. The first kappa shape index (κ1) is 16.1. The summed E-state index contributed by atoms with van der Waals surface area (Å²) >= 11 is 0. The van der Waals surface area contributed by atoms with Crippen LogP contribution in [-0.2, 0) is 0 Å². The van der Waals surface area contributed by atoms with Crippen LogP contribution in [0.2, 0.25) is 0 Å². The molecule has 1 aromatic rings. The average Bonchev–Trinajstić information content (AvgIpc) is 2.64. The third-order valence-electron chi connectivity index (χ3n) is 4.42. The third kappa shape index (κ3) is 4.10. The van der Waals surface area contributed by atoms with Crippen LogP contribution >= 0.6 is 0 Å². The standard InChI is InChI=1S/C17H23F2NO/c1-12(2)13-5-4-9-20(10-8-13)11-16(21)17-14(18)6-3-7-15(17)19/h3,6-7,12-13H,4-5,8-11H2,1-2H3. The van der Waals surface area contributed by atoms with Gasteiger partial charge in [-0.15, -0.1) is 0 Å². The Morgan fingerprint density at radius 2 is 1.90 bits per heavy atom. The molecule has 0 radical (unpaired) electrons. The third-order valence-corrected chi connectivity index (χ3v) is 4.42. The minimum atomic E-state index is -0.769. The summed E-state index contributed by atoms with van der Waals surface area (Å²) in [5, 5.41) is 0. The Labute approximate surface area is 125 Å². The van der Waals surface area contributed by atoms with Crippen molar-refractivity contribution in [1.29, 1.82) is 0 Å². The van der Waals surface area contributed by atoms with Gasteiger partial charge in [0.2, 0.25) is 0 Å². The lowest BCUT2D eigenvalue weighted by molar-refractivity contribution is 0.0923. The van der Waals surface area contributed by atoms with Gasteiger partial charge in [-0.1, -0.05) is 19.9 Å². The van der Waals surface area contributed by atoms with Gasteiger partial charge >= 0.3 is 0 Å². The van der Waals surface area contributed by atoms with E-state index in [-0.39, 0.29) is 6.54 Å². The van der Waals surface area contributed by atoms with Gasteiger partial charge in [-0.3, -0.25) is 9.69 Å². The SMILES string of the molecule is CC(C)C1CCCN(CC(=O)c2c(F)cccc2F)CC1. The number of benzene rings is 1. The molecule has 1 unspecified atom stereocenters. The van der Waals surface area contributed by atoms with Crippen molar-refractivity contribution in [3.05, 3.63) is 35.4 Å². The van der Waals surface area contributed by atoms with Gasteiger partial charge in [-0.2, -0.15) is 0 Å². The molecule has 1 aliphatic heterocycles. The van der Waals surface area contributed by atoms with Crippen molar-refractivity contribution in [3.8, 4) is 0 Å². The highest BCUT2D eigenvalue weighted by molar-refractivity contribution is 5.98. The van der Waals surface area contributed by atoms with Crippen molar-refractivity contribution in [2.24, 2.45) is 11.8 Å². The lowest BCUT2D eigenvalue weighted by Crippen LogP contribution is -2.32. The second-order valence-corrected chi connectivity index (χ2v) is 6.23. The van der Waals surface area contributed by atoms with Crippen molar-refractivity contribution in [1.82, 2.24) is 4.90 Å². The fraction of sp³-hybridized carbons (Fsp3) is 0.588. The zero-order valence-electron chi connectivity index (χ0n) is 12.7. The molecule has 0 saturated carbocycles. The summed E-state index contributed by atoms with van der Waals surface area (Å²) in [5.74, 6) is -0.682. The molecule has 2 nitrogen and oxygen atoms in total. The normalized spacial score (nSPS) is 20.5. The second-order valence-electron chi connectivity index (χ2n) is 6.23. The highest BCUT2D eigenvalue weighted by atomic mass is 19.1. The molecule has 1 heterocycles. The van der Waals surface area contributed by atoms with Gasteiger partial charge in [0.15, 0.2) is 5.78 Å². The number of Topliss-reactive ketones (excluding diaryl/α,β-unsaturated/α-hetero) is 1. The molecule has 1 aromatic carbocycles. The largest absolute Gasteiger partial charge is 0.296 e. The van der Waals surface area contributed by atoms with Crippen molar-refractivity contribution in [2.45, 2.75) is 33.1 Å². The maximum atomic E-state index is 13.6. The number of carbonyl (C=O) groups is 1. The summed E-state index contributed by atoms with van der Waals surface area (Å²) in [6.07, 6.45) is 3.25. The van der Waals surface area contributed by atoms with Crippen molar-refractivity contribution < 1.29 is 13.6 Å². The molecule has 0 amide bonds. The van der Waals surface area contributed by atoms with Gasteiger partial charge in [0.05, 0.1) is 12.1 Å². The molecule has 0 aliphatic carbocycles. The topological polar surface area (TPSA) is 20.3 Å². The van der Waals surface area contributed by atoms with Gasteiger partial charge in [0.25, 0.3) is 0 Å². The number of ketones is 1. The van der Waals surface area contributed by atoms with E-state index in [4.69, 9.17) is 0 Å². The summed E-state index contributed by atoms with van der Waals surface area (Å²) in [6.45, 7) is 6.19. The Morgan fingerprint density at radius 1 is 1.24 bits per heavy atom. The Hall–Kier alpha value is -1.29. The number of halogens is 2. The van der Waals surface area contributed by atoms with E-state index in [0.717, 1.165) is 44.5 Å². The predicted molar refractivity (Wildman–Crippen MR) is 79.3 cm³/mol. The van der Waals surface area contributed by atoms with E-state index in [1.165, 1.54) is 6.07 Å². The molecule has 0 aromatic heterocycles. The minimum Gasteiger partial charge on any atom is -0.296 e. The molecule has 1 fully saturated rings. The number of rotatable bonds is 4. The summed E-state index contributed by atoms with van der Waals surface area (Å²) in [4.78, 5) is 14.2. The van der Waals surface area contributed by atoms with E-state index in [9.17, 15) is 13.6 Å². The Morgan fingerprint density at radius 3 is 2.52 bits per heavy atom. The molecular formula is C17H23F2NO. The summed E-state index contributed by atoms with van der Waals surface area (Å²) < 4.78 is 27.2. The lowest BCUT2D eigenvalue weighted by Gasteiger charge is -2.20. The molecule has 4 heteroatoms. The van der Waals surface area contributed by atoms with Gasteiger partial charge in [0.1, 0.15) is 11.6 Å². The van der Waals surface area contributed by atoms with Gasteiger partial charge < -0.3 is 0 Å². The molecule has 1 aliphatic rings. The average molecular weight is 295 g/mol. The van der Waals surface area contributed by atoms with Crippen LogP contribution in [0.1, 0.15) is 43.5 Å². The van der Waals surface area contributed by atoms with E-state index < -0.39 is 23.0 Å². The first-order chi connectivity index (χ1) is 9.99. The molecule has 116 valence electrons. The van der Waals surface area contributed by atoms with Crippen LogP contribution in [-0.4, -0.2) is 30.3 Å². The van der Waals surface area contributed by atoms with Crippen molar-refractivity contribution >= 4 is 5.78 Å². The van der Waals surface area contributed by atoms with E-state index in [1.54, 1.807) is 0 Å². The monoisotopic (exact) mass is 295 g/mol. The molecule has 1 atom stereocenters.